The van der Waals surface area contributed by atoms with Crippen LogP contribution in [0.15, 0.2) is 83.9 Å². The first-order valence-electron chi connectivity index (χ1n) is 11.7. The van der Waals surface area contributed by atoms with Crippen molar-refractivity contribution in [3.63, 3.8) is 0 Å². The highest BCUT2D eigenvalue weighted by atomic mass is 32.2. The predicted molar refractivity (Wildman–Crippen MR) is 148 cm³/mol. The molecule has 37 heavy (non-hydrogen) atoms. The number of benzene rings is 3. The summed E-state index contributed by atoms with van der Waals surface area (Å²) in [6.07, 6.45) is 0.229. The average Bonchev–Trinajstić information content (AvgIpc) is 2.93. The van der Waals surface area contributed by atoms with Crippen molar-refractivity contribution in [3.05, 3.63) is 90.0 Å². The number of pyridine rings is 1. The van der Waals surface area contributed by atoms with Gasteiger partial charge in [0.25, 0.3) is 0 Å². The van der Waals surface area contributed by atoms with E-state index in [0.29, 0.717) is 33.5 Å². The van der Waals surface area contributed by atoms with Gasteiger partial charge in [0, 0.05) is 29.4 Å². The van der Waals surface area contributed by atoms with Crippen LogP contribution in [0.3, 0.4) is 0 Å². The third-order valence-electron chi connectivity index (χ3n) is 5.78. The molecule has 0 unspecified atom stereocenters. The monoisotopic (exact) mass is 509 g/mol. The van der Waals surface area contributed by atoms with Gasteiger partial charge >= 0.3 is 0 Å². The normalized spacial score (nSPS) is 10.4. The molecule has 1 amide bonds. The van der Waals surface area contributed by atoms with Crippen LogP contribution in [0.25, 0.3) is 22.4 Å². The molecule has 0 spiro atoms. The Morgan fingerprint density at radius 3 is 2.41 bits per heavy atom. The zero-order valence-corrected chi connectivity index (χ0v) is 21.8. The maximum atomic E-state index is 12.7. The number of hydrogen-bond acceptors (Lipinski definition) is 6. The van der Waals surface area contributed by atoms with Crippen molar-refractivity contribution in [1.82, 2.24) is 4.98 Å². The number of carbonyl (C=O) groups is 1. The number of ether oxygens (including phenoxy) is 2. The molecule has 0 aliphatic heterocycles. The van der Waals surface area contributed by atoms with Gasteiger partial charge in [-0.25, -0.2) is 4.98 Å². The summed E-state index contributed by atoms with van der Waals surface area (Å²) in [5, 5.41) is 13.6. The van der Waals surface area contributed by atoms with Crippen molar-refractivity contribution < 1.29 is 14.3 Å². The molecule has 4 aromatic rings. The number of nitrogens with zero attached hydrogens (tertiary/aromatic N) is 2. The minimum atomic E-state index is -0.171. The molecule has 1 heterocycles. The van der Waals surface area contributed by atoms with Gasteiger partial charge in [0.2, 0.25) is 5.91 Å². The van der Waals surface area contributed by atoms with Gasteiger partial charge in [-0.15, -0.1) is 11.8 Å². The van der Waals surface area contributed by atoms with Gasteiger partial charge in [-0.2, -0.15) is 5.26 Å². The van der Waals surface area contributed by atoms with E-state index in [1.165, 1.54) is 11.8 Å². The number of anilines is 1. The van der Waals surface area contributed by atoms with Crippen molar-refractivity contribution in [2.45, 2.75) is 18.4 Å². The van der Waals surface area contributed by atoms with Crippen LogP contribution in [-0.2, 0) is 4.79 Å². The highest BCUT2D eigenvalue weighted by Crippen LogP contribution is 2.35. The molecule has 0 fully saturated rings. The first-order valence-corrected chi connectivity index (χ1v) is 12.7. The Morgan fingerprint density at radius 2 is 1.73 bits per heavy atom. The van der Waals surface area contributed by atoms with E-state index in [2.05, 4.69) is 11.4 Å². The summed E-state index contributed by atoms with van der Waals surface area (Å²) in [7, 11) is 3.12. The Kier molecular flexibility index (Phi) is 8.44. The Bertz CT molecular complexity index is 1430. The molecule has 3 aromatic carbocycles. The van der Waals surface area contributed by atoms with E-state index in [1.54, 1.807) is 32.4 Å². The van der Waals surface area contributed by atoms with Crippen LogP contribution >= 0.6 is 11.8 Å². The van der Waals surface area contributed by atoms with E-state index in [0.717, 1.165) is 27.9 Å². The highest BCUT2D eigenvalue weighted by molar-refractivity contribution is 7.99. The minimum absolute atomic E-state index is 0.171. The van der Waals surface area contributed by atoms with E-state index in [1.807, 2.05) is 67.6 Å². The molecule has 4 rings (SSSR count). The van der Waals surface area contributed by atoms with Gasteiger partial charge in [-0.3, -0.25) is 4.79 Å². The maximum Gasteiger partial charge on any atom is 0.225 e. The largest absolute Gasteiger partial charge is 0.497 e. The van der Waals surface area contributed by atoms with Gasteiger partial charge < -0.3 is 14.8 Å². The maximum absolute atomic E-state index is 12.7. The number of rotatable bonds is 9. The second-order valence-corrected chi connectivity index (χ2v) is 9.38. The van der Waals surface area contributed by atoms with Gasteiger partial charge in [0.05, 0.1) is 31.2 Å². The second kappa shape index (κ2) is 12.1. The van der Waals surface area contributed by atoms with E-state index >= 15 is 0 Å². The molecule has 0 bridgehead atoms. The number of aromatic nitrogens is 1. The van der Waals surface area contributed by atoms with Gasteiger partial charge in [0.15, 0.2) is 0 Å². The number of carbonyl (C=O) groups excluding carboxylic acids is 1. The predicted octanol–water partition coefficient (Wildman–Crippen LogP) is 6.73. The van der Waals surface area contributed by atoms with Crippen LogP contribution in [0.4, 0.5) is 5.69 Å². The van der Waals surface area contributed by atoms with E-state index in [-0.39, 0.29) is 12.3 Å². The first kappa shape index (κ1) is 25.8. The number of nitrogens with one attached hydrogen (secondary N) is 1. The molecule has 0 radical (unpaired) electrons. The molecular weight excluding hydrogens is 482 g/mol. The van der Waals surface area contributed by atoms with E-state index < -0.39 is 0 Å². The molecule has 1 N–H and O–H groups in total. The smallest absolute Gasteiger partial charge is 0.225 e. The molecule has 7 heteroatoms. The highest BCUT2D eigenvalue weighted by Gasteiger charge is 2.17. The lowest BCUT2D eigenvalue weighted by molar-refractivity contribution is -0.115. The number of hydrogen-bond donors (Lipinski definition) is 1. The lowest BCUT2D eigenvalue weighted by atomic mass is 9.98. The Morgan fingerprint density at radius 1 is 0.973 bits per heavy atom. The molecule has 0 saturated carbocycles. The first-order chi connectivity index (χ1) is 18.0. The summed E-state index contributed by atoms with van der Waals surface area (Å²) in [5.74, 6) is 1.45. The summed E-state index contributed by atoms with van der Waals surface area (Å²) in [6.45, 7) is 2.03. The Labute approximate surface area is 221 Å². The summed E-state index contributed by atoms with van der Waals surface area (Å²) >= 11 is 1.40. The SMILES string of the molecule is COc1ccc(OC)c(NC(=O)CCSc2nc(-c3ccccc3)cc(-c3ccc(C)cc3)c2C#N)c1. The van der Waals surface area contributed by atoms with Crippen LogP contribution in [0.1, 0.15) is 17.5 Å². The Balaban J connectivity index is 1.58. The minimum Gasteiger partial charge on any atom is -0.497 e. The second-order valence-electron chi connectivity index (χ2n) is 8.29. The molecule has 0 atom stereocenters. The molecule has 0 saturated heterocycles. The number of nitriles is 1. The van der Waals surface area contributed by atoms with Crippen molar-refractivity contribution in [2.24, 2.45) is 0 Å². The number of thioether (sulfide) groups is 1. The third kappa shape index (κ3) is 6.29. The zero-order chi connectivity index (χ0) is 26.2. The topological polar surface area (TPSA) is 84.2 Å². The molecule has 0 aliphatic rings. The van der Waals surface area contributed by atoms with Crippen LogP contribution in [-0.4, -0.2) is 30.9 Å². The van der Waals surface area contributed by atoms with E-state index in [4.69, 9.17) is 14.5 Å². The summed E-state index contributed by atoms with van der Waals surface area (Å²) in [6, 6.07) is 27.5. The summed E-state index contributed by atoms with van der Waals surface area (Å²) in [5.41, 5.74) is 5.71. The van der Waals surface area contributed by atoms with Crippen LogP contribution in [0.2, 0.25) is 0 Å². The summed E-state index contributed by atoms with van der Waals surface area (Å²) in [4.78, 5) is 17.5. The van der Waals surface area contributed by atoms with Crippen molar-refractivity contribution in [1.29, 1.82) is 5.26 Å². The van der Waals surface area contributed by atoms with Gasteiger partial charge in [-0.1, -0.05) is 60.2 Å². The fourth-order valence-electron chi connectivity index (χ4n) is 3.82. The number of aryl methyl sites for hydroxylation is 1. The lowest BCUT2D eigenvalue weighted by Crippen LogP contribution is -2.13. The van der Waals surface area contributed by atoms with E-state index in [9.17, 15) is 10.1 Å². The average molecular weight is 510 g/mol. The number of methoxy groups -OCH3 is 2. The van der Waals surface area contributed by atoms with Crippen molar-refractivity contribution in [3.8, 4) is 40.0 Å². The van der Waals surface area contributed by atoms with Crippen molar-refractivity contribution >= 4 is 23.4 Å². The van der Waals surface area contributed by atoms with Crippen LogP contribution in [0.5, 0.6) is 11.5 Å². The third-order valence-corrected chi connectivity index (χ3v) is 6.76. The zero-order valence-electron chi connectivity index (χ0n) is 20.9. The standard InChI is InChI=1S/C30H27N3O3S/c1-20-9-11-21(12-10-20)24-18-26(22-7-5-4-6-8-22)33-30(25(24)19-31)37-16-15-29(34)32-27-17-23(35-2)13-14-28(27)36-3/h4-14,17-18H,15-16H2,1-3H3,(H,32,34). The Hall–Kier alpha value is -4.28. The fraction of sp³-hybridized carbons (Fsp3) is 0.167. The molecule has 6 nitrogen and oxygen atoms in total. The van der Waals surface area contributed by atoms with Crippen molar-refractivity contribution in [2.75, 3.05) is 25.3 Å². The fourth-order valence-corrected chi connectivity index (χ4v) is 4.76. The molecule has 0 aliphatic carbocycles. The van der Waals surface area contributed by atoms with Crippen LogP contribution < -0.4 is 14.8 Å². The molecule has 186 valence electrons. The van der Waals surface area contributed by atoms with Gasteiger partial charge in [0.1, 0.15) is 22.6 Å². The summed E-state index contributed by atoms with van der Waals surface area (Å²) < 4.78 is 10.6. The van der Waals surface area contributed by atoms with Gasteiger partial charge in [-0.05, 0) is 30.7 Å². The quantitative estimate of drug-likeness (QED) is 0.252. The number of amides is 1. The lowest BCUT2D eigenvalue weighted by Gasteiger charge is -2.13. The molecule has 1 aromatic heterocycles. The molecular formula is C30H27N3O3S. The van der Waals surface area contributed by atoms with Crippen LogP contribution in [0, 0.1) is 18.3 Å².